The van der Waals surface area contributed by atoms with Crippen LogP contribution in [0.25, 0.3) is 0 Å². The van der Waals surface area contributed by atoms with Crippen LogP contribution in [0.4, 0.5) is 10.1 Å². The molecule has 1 amide bonds. The van der Waals surface area contributed by atoms with Crippen LogP contribution < -0.4 is 15.5 Å². The number of carbonyl (C=O) groups excluding carboxylic acids is 1. The predicted molar refractivity (Wildman–Crippen MR) is 83.6 cm³/mol. The van der Waals surface area contributed by atoms with E-state index >= 15 is 0 Å². The fraction of sp³-hybridized carbons (Fsp3) is 0.125. The second-order valence-electron chi connectivity index (χ2n) is 4.40. The van der Waals surface area contributed by atoms with Crippen molar-refractivity contribution in [1.29, 1.82) is 0 Å². The van der Waals surface area contributed by atoms with Gasteiger partial charge in [-0.25, -0.2) is 9.82 Å². The number of carbonyl (C=O) groups is 1. The minimum atomic E-state index is -0.392. The summed E-state index contributed by atoms with van der Waals surface area (Å²) in [5.74, 6) is 0.0183. The molecule has 0 atom stereocenters. The lowest BCUT2D eigenvalue weighted by molar-refractivity contribution is -0.119. The van der Waals surface area contributed by atoms with Crippen molar-refractivity contribution >= 4 is 17.8 Å². The number of ether oxygens (including phenoxy) is 1. The molecule has 114 valence electrons. The first-order valence-corrected chi connectivity index (χ1v) is 6.63. The zero-order chi connectivity index (χ0) is 15.8. The van der Waals surface area contributed by atoms with Gasteiger partial charge in [-0.1, -0.05) is 18.2 Å². The number of hydrogen-bond acceptors (Lipinski definition) is 4. The average molecular weight is 301 g/mol. The van der Waals surface area contributed by atoms with Crippen molar-refractivity contribution in [2.24, 2.45) is 5.10 Å². The highest BCUT2D eigenvalue weighted by atomic mass is 19.1. The highest BCUT2D eigenvalue weighted by Crippen LogP contribution is 2.14. The lowest BCUT2D eigenvalue weighted by Crippen LogP contribution is -2.25. The number of hydrazone groups is 1. The van der Waals surface area contributed by atoms with Gasteiger partial charge in [0.05, 0.1) is 19.9 Å². The summed E-state index contributed by atoms with van der Waals surface area (Å²) in [6.45, 7) is 0.0565. The Labute approximate surface area is 127 Å². The Morgan fingerprint density at radius 3 is 2.64 bits per heavy atom. The summed E-state index contributed by atoms with van der Waals surface area (Å²) >= 11 is 0. The predicted octanol–water partition coefficient (Wildman–Crippen LogP) is 2.40. The monoisotopic (exact) mass is 301 g/mol. The number of hydrogen-bond donors (Lipinski definition) is 2. The topological polar surface area (TPSA) is 62.7 Å². The average Bonchev–Trinajstić information content (AvgIpc) is 2.55. The van der Waals surface area contributed by atoms with Crippen molar-refractivity contribution < 1.29 is 13.9 Å². The molecule has 2 aromatic carbocycles. The Morgan fingerprint density at radius 1 is 1.23 bits per heavy atom. The first-order valence-electron chi connectivity index (χ1n) is 6.63. The third-order valence-electron chi connectivity index (χ3n) is 2.84. The molecule has 0 spiro atoms. The smallest absolute Gasteiger partial charge is 0.259 e. The largest absolute Gasteiger partial charge is 0.497 e. The number of benzene rings is 2. The van der Waals surface area contributed by atoms with Gasteiger partial charge in [-0.3, -0.25) is 4.79 Å². The molecule has 2 N–H and O–H groups in total. The SMILES string of the molecule is COc1ccc(NCC(=O)N/N=C\c2ccccc2F)cc1. The molecule has 0 heterocycles. The molecule has 22 heavy (non-hydrogen) atoms. The number of halogens is 1. The maximum atomic E-state index is 13.3. The third kappa shape index (κ3) is 4.59. The molecule has 2 aromatic rings. The fourth-order valence-corrected chi connectivity index (χ4v) is 1.68. The van der Waals surface area contributed by atoms with Crippen LogP contribution in [0.5, 0.6) is 5.75 Å². The first-order chi connectivity index (χ1) is 10.7. The van der Waals surface area contributed by atoms with E-state index in [1.807, 2.05) is 0 Å². The van der Waals surface area contributed by atoms with Crippen molar-refractivity contribution in [2.45, 2.75) is 0 Å². The fourth-order valence-electron chi connectivity index (χ4n) is 1.68. The van der Waals surface area contributed by atoms with Crippen molar-refractivity contribution in [3.63, 3.8) is 0 Å². The molecule has 0 fully saturated rings. The first kappa shape index (κ1) is 15.5. The summed E-state index contributed by atoms with van der Waals surface area (Å²) in [6.07, 6.45) is 1.26. The standard InChI is InChI=1S/C16H16FN3O2/c1-22-14-8-6-13(7-9-14)18-11-16(21)20-19-10-12-4-2-3-5-15(12)17/h2-10,18H,11H2,1H3,(H,20,21)/b19-10-. The molecule has 0 saturated heterocycles. The Morgan fingerprint density at radius 2 is 1.95 bits per heavy atom. The number of anilines is 1. The molecular formula is C16H16FN3O2. The van der Waals surface area contributed by atoms with E-state index in [0.717, 1.165) is 11.4 Å². The number of nitrogens with one attached hydrogen (secondary N) is 2. The van der Waals surface area contributed by atoms with Crippen LogP contribution in [0, 0.1) is 5.82 Å². The summed E-state index contributed by atoms with van der Waals surface area (Å²) in [5, 5.41) is 6.66. The molecule has 0 aromatic heterocycles. The molecule has 0 aliphatic rings. The summed E-state index contributed by atoms with van der Waals surface area (Å²) in [5.41, 5.74) is 3.42. The maximum absolute atomic E-state index is 13.3. The quantitative estimate of drug-likeness (QED) is 0.636. The van der Waals surface area contributed by atoms with E-state index in [-0.39, 0.29) is 12.5 Å². The molecule has 0 radical (unpaired) electrons. The van der Waals surface area contributed by atoms with Crippen LogP contribution in [0.2, 0.25) is 0 Å². The second-order valence-corrected chi connectivity index (χ2v) is 4.40. The van der Waals surface area contributed by atoms with Crippen molar-refractivity contribution in [2.75, 3.05) is 19.0 Å². The van der Waals surface area contributed by atoms with Gasteiger partial charge >= 0.3 is 0 Å². The van der Waals surface area contributed by atoms with Gasteiger partial charge < -0.3 is 10.1 Å². The zero-order valence-corrected chi connectivity index (χ0v) is 12.0. The van der Waals surface area contributed by atoms with Gasteiger partial charge in [0.2, 0.25) is 0 Å². The van der Waals surface area contributed by atoms with Crippen LogP contribution in [-0.2, 0) is 4.79 Å². The molecule has 0 aliphatic heterocycles. The minimum absolute atomic E-state index is 0.0565. The van der Waals surface area contributed by atoms with Crippen molar-refractivity contribution in [1.82, 2.24) is 5.43 Å². The van der Waals surface area contributed by atoms with Gasteiger partial charge in [-0.2, -0.15) is 5.10 Å². The van der Waals surface area contributed by atoms with Crippen molar-refractivity contribution in [3.8, 4) is 5.75 Å². The van der Waals surface area contributed by atoms with E-state index in [1.165, 1.54) is 12.3 Å². The van der Waals surface area contributed by atoms with E-state index in [2.05, 4.69) is 15.8 Å². The van der Waals surface area contributed by atoms with E-state index in [9.17, 15) is 9.18 Å². The Bertz CT molecular complexity index is 657. The van der Waals surface area contributed by atoms with E-state index in [4.69, 9.17) is 4.74 Å². The summed E-state index contributed by atoms with van der Waals surface area (Å²) < 4.78 is 18.4. The van der Waals surface area contributed by atoms with Crippen LogP contribution >= 0.6 is 0 Å². The van der Waals surface area contributed by atoms with Gasteiger partial charge in [0.1, 0.15) is 11.6 Å². The normalized spacial score (nSPS) is 10.5. The van der Waals surface area contributed by atoms with Crippen LogP contribution in [-0.4, -0.2) is 25.8 Å². The van der Waals surface area contributed by atoms with Crippen molar-refractivity contribution in [3.05, 3.63) is 59.9 Å². The number of nitrogens with zero attached hydrogens (tertiary/aromatic N) is 1. The third-order valence-corrected chi connectivity index (χ3v) is 2.84. The van der Waals surface area contributed by atoms with Crippen LogP contribution in [0.15, 0.2) is 53.6 Å². The van der Waals surface area contributed by atoms with Gasteiger partial charge in [0.25, 0.3) is 5.91 Å². The summed E-state index contributed by atoms with van der Waals surface area (Å²) in [7, 11) is 1.59. The Hall–Kier alpha value is -2.89. The second kappa shape index (κ2) is 7.78. The lowest BCUT2D eigenvalue weighted by Gasteiger charge is -2.06. The molecule has 0 saturated carbocycles. The molecular weight excluding hydrogens is 285 g/mol. The Kier molecular flexibility index (Phi) is 5.48. The van der Waals surface area contributed by atoms with Crippen LogP contribution in [0.1, 0.15) is 5.56 Å². The molecule has 0 bridgehead atoms. The number of rotatable bonds is 6. The molecule has 0 aliphatic carbocycles. The Balaban J connectivity index is 1.79. The molecule has 5 nitrogen and oxygen atoms in total. The lowest BCUT2D eigenvalue weighted by atomic mass is 10.2. The molecule has 6 heteroatoms. The van der Waals surface area contributed by atoms with E-state index in [1.54, 1.807) is 49.6 Å². The van der Waals surface area contributed by atoms with Gasteiger partial charge in [-0.15, -0.1) is 0 Å². The van der Waals surface area contributed by atoms with Gasteiger partial charge in [-0.05, 0) is 30.3 Å². The van der Waals surface area contributed by atoms with Gasteiger partial charge in [0, 0.05) is 11.3 Å². The van der Waals surface area contributed by atoms with Gasteiger partial charge in [0.15, 0.2) is 0 Å². The summed E-state index contributed by atoms with van der Waals surface area (Å²) in [4.78, 5) is 11.6. The number of amides is 1. The minimum Gasteiger partial charge on any atom is -0.497 e. The number of methoxy groups -OCH3 is 1. The summed E-state index contributed by atoms with van der Waals surface area (Å²) in [6, 6.07) is 13.4. The van der Waals surface area contributed by atoms with E-state index in [0.29, 0.717) is 5.56 Å². The highest BCUT2D eigenvalue weighted by molar-refractivity contribution is 5.84. The molecule has 0 unspecified atom stereocenters. The zero-order valence-electron chi connectivity index (χ0n) is 12.0. The highest BCUT2D eigenvalue weighted by Gasteiger charge is 2.00. The molecule has 2 rings (SSSR count). The van der Waals surface area contributed by atoms with E-state index < -0.39 is 5.82 Å². The van der Waals surface area contributed by atoms with Crippen LogP contribution in [0.3, 0.4) is 0 Å². The maximum Gasteiger partial charge on any atom is 0.259 e.